The van der Waals surface area contributed by atoms with Crippen molar-refractivity contribution in [3.8, 4) is 0 Å². The average Bonchev–Trinajstić information content (AvgIpc) is 2.76. The van der Waals surface area contributed by atoms with Crippen molar-refractivity contribution in [2.24, 2.45) is 23.2 Å². The maximum atomic E-state index is 12.5. The average molecular weight is 377 g/mol. The van der Waals surface area contributed by atoms with E-state index >= 15 is 0 Å². The lowest BCUT2D eigenvalue weighted by atomic mass is 9.53. The van der Waals surface area contributed by atoms with Gasteiger partial charge in [0.05, 0.1) is 0 Å². The van der Waals surface area contributed by atoms with E-state index in [9.17, 15) is 23.1 Å². The lowest BCUT2D eigenvalue weighted by Crippen LogP contribution is -2.68. The number of hydrogen-bond acceptors (Lipinski definition) is 4. The van der Waals surface area contributed by atoms with Crippen LogP contribution in [0.1, 0.15) is 51.9 Å². The van der Waals surface area contributed by atoms with Crippen LogP contribution in [0.4, 0.5) is 13.2 Å². The van der Waals surface area contributed by atoms with Crippen molar-refractivity contribution in [2.45, 2.75) is 63.8 Å². The van der Waals surface area contributed by atoms with Crippen molar-refractivity contribution < 1.29 is 33.0 Å². The minimum absolute atomic E-state index is 0.0919. The summed E-state index contributed by atoms with van der Waals surface area (Å²) in [7, 11) is 0. The number of carbonyl (C=O) groups excluding carboxylic acids is 1. The van der Waals surface area contributed by atoms with Gasteiger partial charge in [-0.1, -0.05) is 6.92 Å². The molecule has 2 aliphatic heterocycles. The van der Waals surface area contributed by atoms with Crippen LogP contribution in [0, 0.1) is 23.2 Å². The molecular weight excluding hydrogens is 351 g/mol. The molecule has 6 atom stereocenters. The molecule has 0 amide bonds. The first-order valence-corrected chi connectivity index (χ1v) is 9.32. The van der Waals surface area contributed by atoms with Gasteiger partial charge in [0.1, 0.15) is 11.5 Å². The van der Waals surface area contributed by atoms with Crippen LogP contribution in [0.2, 0.25) is 0 Å². The predicted octanol–water partition coefficient (Wildman–Crippen LogP) is 2.82. The number of aliphatic hydroxyl groups is 1. The van der Waals surface area contributed by atoms with Crippen molar-refractivity contribution in [3.05, 3.63) is 0 Å². The summed E-state index contributed by atoms with van der Waals surface area (Å²) in [5, 5.41) is 18.7. The number of piperidine rings is 1. The predicted molar refractivity (Wildman–Crippen MR) is 86.1 cm³/mol. The van der Waals surface area contributed by atoms with Gasteiger partial charge in [-0.15, -0.1) is 0 Å². The molecule has 26 heavy (non-hydrogen) atoms. The SMILES string of the molecule is C[C@@H]1C[C@H]2CC(=O)[C@H]3CCCN4CCC[C@]23[C@]4(O)C1.O=C(O)C(F)(F)F. The van der Waals surface area contributed by atoms with Gasteiger partial charge in [-0.2, -0.15) is 13.2 Å². The van der Waals surface area contributed by atoms with Crippen LogP contribution in [0.25, 0.3) is 0 Å². The molecular formula is C18H26F3NO4. The molecule has 8 heteroatoms. The number of carboxylic acids is 1. The van der Waals surface area contributed by atoms with Gasteiger partial charge >= 0.3 is 12.1 Å². The van der Waals surface area contributed by atoms with Crippen molar-refractivity contribution >= 4 is 11.8 Å². The smallest absolute Gasteiger partial charge is 0.475 e. The summed E-state index contributed by atoms with van der Waals surface area (Å²) in [6, 6.07) is 0. The molecule has 2 N–H and O–H groups in total. The molecule has 148 valence electrons. The Hall–Kier alpha value is -1.15. The highest BCUT2D eigenvalue weighted by molar-refractivity contribution is 5.85. The number of rotatable bonds is 0. The quantitative estimate of drug-likeness (QED) is 0.679. The molecule has 2 bridgehead atoms. The summed E-state index contributed by atoms with van der Waals surface area (Å²) in [5.74, 6) is -1.15. The van der Waals surface area contributed by atoms with Gasteiger partial charge in [-0.3, -0.25) is 9.69 Å². The first-order chi connectivity index (χ1) is 12.0. The Morgan fingerprint density at radius 2 is 1.88 bits per heavy atom. The Morgan fingerprint density at radius 1 is 1.27 bits per heavy atom. The molecule has 0 aromatic rings. The number of nitrogens with zero attached hydrogens (tertiary/aromatic N) is 1. The number of hydrogen-bond donors (Lipinski definition) is 2. The van der Waals surface area contributed by atoms with Crippen LogP contribution >= 0.6 is 0 Å². The van der Waals surface area contributed by atoms with E-state index in [4.69, 9.17) is 9.90 Å². The standard InChI is InChI=1S/C16H25NO2.C2HF3O2/c1-11-8-12-9-14(18)13-4-2-6-17-7-3-5-15(12,13)16(17,19)10-11;3-2(4,5)1(6)7/h11-13,19H,2-10H2,1H3;(H,6,7)/t11-,12+,13-,15+,16-;/m1./s1. The van der Waals surface area contributed by atoms with E-state index in [-0.39, 0.29) is 11.3 Å². The highest BCUT2D eigenvalue weighted by atomic mass is 19.4. The number of ketones is 1. The van der Waals surface area contributed by atoms with E-state index in [1.807, 2.05) is 0 Å². The van der Waals surface area contributed by atoms with Crippen LogP contribution in [0.3, 0.4) is 0 Å². The minimum atomic E-state index is -5.08. The van der Waals surface area contributed by atoms with Gasteiger partial charge in [0.25, 0.3) is 0 Å². The van der Waals surface area contributed by atoms with Gasteiger partial charge < -0.3 is 10.2 Å². The molecule has 1 spiro atoms. The molecule has 0 aromatic heterocycles. The molecule has 1 unspecified atom stereocenters. The molecule has 2 aliphatic carbocycles. The van der Waals surface area contributed by atoms with Crippen LogP contribution in [-0.4, -0.2) is 51.9 Å². The van der Waals surface area contributed by atoms with E-state index in [1.54, 1.807) is 0 Å². The number of carboxylic acid groups (broad SMARTS) is 1. The van der Waals surface area contributed by atoms with Crippen molar-refractivity contribution in [2.75, 3.05) is 13.1 Å². The number of aliphatic carboxylic acids is 1. The highest BCUT2D eigenvalue weighted by Crippen LogP contribution is 2.66. The molecule has 4 aliphatic rings. The lowest BCUT2D eigenvalue weighted by molar-refractivity contribution is -0.264. The number of carbonyl (C=O) groups is 2. The second kappa shape index (κ2) is 6.48. The summed E-state index contributed by atoms with van der Waals surface area (Å²) in [4.78, 5) is 23.8. The van der Waals surface area contributed by atoms with E-state index < -0.39 is 17.9 Å². The number of Topliss-reactive ketones (excluding diaryl/α,β-unsaturated/α-hetero) is 1. The first-order valence-electron chi connectivity index (χ1n) is 9.32. The lowest BCUT2D eigenvalue weighted by Gasteiger charge is -2.61. The van der Waals surface area contributed by atoms with Crippen molar-refractivity contribution in [3.63, 3.8) is 0 Å². The third-order valence-corrected chi connectivity index (χ3v) is 6.96. The number of alkyl halides is 3. The fraction of sp³-hybridized carbons (Fsp3) is 0.889. The fourth-order valence-electron chi connectivity index (χ4n) is 6.23. The number of halogens is 3. The summed E-state index contributed by atoms with van der Waals surface area (Å²) < 4.78 is 31.7. The van der Waals surface area contributed by atoms with Gasteiger partial charge in [0, 0.05) is 30.8 Å². The van der Waals surface area contributed by atoms with Crippen molar-refractivity contribution in [1.82, 2.24) is 4.90 Å². The van der Waals surface area contributed by atoms with Crippen LogP contribution in [0.15, 0.2) is 0 Å². The third-order valence-electron chi connectivity index (χ3n) is 6.96. The van der Waals surface area contributed by atoms with E-state index in [0.29, 0.717) is 17.6 Å². The van der Waals surface area contributed by atoms with Gasteiger partial charge in [0.2, 0.25) is 0 Å². The molecule has 4 fully saturated rings. The first kappa shape index (κ1) is 19.6. The van der Waals surface area contributed by atoms with Crippen LogP contribution < -0.4 is 0 Å². The summed E-state index contributed by atoms with van der Waals surface area (Å²) in [6.07, 6.45) is 2.03. The molecule has 5 nitrogen and oxygen atoms in total. The second-order valence-electron chi connectivity index (χ2n) is 8.36. The van der Waals surface area contributed by atoms with Gasteiger partial charge in [-0.05, 0) is 50.4 Å². The minimum Gasteiger partial charge on any atom is -0.475 e. The van der Waals surface area contributed by atoms with E-state index in [0.717, 1.165) is 58.0 Å². The monoisotopic (exact) mass is 377 g/mol. The van der Waals surface area contributed by atoms with E-state index in [1.165, 1.54) is 0 Å². The van der Waals surface area contributed by atoms with Gasteiger partial charge in [-0.25, -0.2) is 4.79 Å². The normalized spacial score (nSPS) is 44.4. The zero-order valence-electron chi connectivity index (χ0n) is 14.9. The maximum Gasteiger partial charge on any atom is 0.490 e. The Kier molecular flexibility index (Phi) is 4.88. The zero-order valence-corrected chi connectivity index (χ0v) is 14.9. The molecule has 2 heterocycles. The Labute approximate surface area is 150 Å². The molecule has 4 rings (SSSR count). The zero-order chi connectivity index (χ0) is 19.3. The molecule has 2 saturated heterocycles. The topological polar surface area (TPSA) is 77.8 Å². The van der Waals surface area contributed by atoms with Crippen molar-refractivity contribution in [1.29, 1.82) is 0 Å². The summed E-state index contributed by atoms with van der Waals surface area (Å²) in [5.41, 5.74) is -0.772. The Morgan fingerprint density at radius 3 is 2.50 bits per heavy atom. The molecule has 0 radical (unpaired) electrons. The van der Waals surface area contributed by atoms with E-state index in [2.05, 4.69) is 11.8 Å². The fourth-order valence-corrected chi connectivity index (χ4v) is 6.23. The summed E-state index contributed by atoms with van der Waals surface area (Å²) >= 11 is 0. The molecule has 0 aromatic carbocycles. The maximum absolute atomic E-state index is 12.5. The highest BCUT2D eigenvalue weighted by Gasteiger charge is 2.69. The summed E-state index contributed by atoms with van der Waals surface area (Å²) in [6.45, 7) is 4.27. The van der Waals surface area contributed by atoms with Crippen LogP contribution in [0.5, 0.6) is 0 Å². The third kappa shape index (κ3) is 2.85. The largest absolute Gasteiger partial charge is 0.490 e. The van der Waals surface area contributed by atoms with Crippen LogP contribution in [-0.2, 0) is 9.59 Å². The second-order valence-corrected chi connectivity index (χ2v) is 8.36. The molecule has 2 saturated carbocycles. The Bertz CT molecular complexity index is 595. The van der Waals surface area contributed by atoms with Gasteiger partial charge in [0.15, 0.2) is 0 Å². The Balaban J connectivity index is 0.000000242.